The fourth-order valence-electron chi connectivity index (χ4n) is 2.68. The molecular weight excluding hydrogens is 441 g/mol. The van der Waals surface area contributed by atoms with Crippen LogP contribution in [0, 0.1) is 5.41 Å². The van der Waals surface area contributed by atoms with Crippen molar-refractivity contribution in [3.8, 4) is 0 Å². The Bertz CT molecular complexity index is 738. The van der Waals surface area contributed by atoms with E-state index in [1.54, 1.807) is 7.05 Å². The second kappa shape index (κ2) is 10.4. The first-order valence-electron chi connectivity index (χ1n) is 8.77. The fraction of sp³-hybridized carbons (Fsp3) is 0.474. The molecule has 1 aromatic heterocycles. The first-order valence-corrected chi connectivity index (χ1v) is 8.77. The lowest BCUT2D eigenvalue weighted by molar-refractivity contribution is -0.128. The van der Waals surface area contributed by atoms with Crippen molar-refractivity contribution in [1.82, 2.24) is 20.9 Å². The third-order valence-electron chi connectivity index (χ3n) is 4.18. The normalized spacial score (nSPS) is 11.8. The number of fused-ring (bicyclic) bond motifs is 1. The van der Waals surface area contributed by atoms with Crippen LogP contribution in [0.5, 0.6) is 0 Å². The van der Waals surface area contributed by atoms with Crippen molar-refractivity contribution in [2.24, 2.45) is 10.4 Å². The molecule has 4 N–H and O–H groups in total. The van der Waals surface area contributed by atoms with E-state index in [4.69, 9.17) is 0 Å². The number of nitrogens with one attached hydrogen (secondary N) is 4. The number of hydrogen-bond donors (Lipinski definition) is 4. The molecule has 0 bridgehead atoms. The summed E-state index contributed by atoms with van der Waals surface area (Å²) in [5.41, 5.74) is 1.91. The Labute approximate surface area is 172 Å². The van der Waals surface area contributed by atoms with Crippen LogP contribution in [0.15, 0.2) is 35.5 Å². The number of guanidine groups is 1. The lowest BCUT2D eigenvalue weighted by atomic mass is 9.93. The van der Waals surface area contributed by atoms with E-state index < -0.39 is 5.41 Å². The van der Waals surface area contributed by atoms with Crippen molar-refractivity contribution in [3.05, 3.63) is 36.0 Å². The van der Waals surface area contributed by atoms with E-state index in [0.717, 1.165) is 31.0 Å². The van der Waals surface area contributed by atoms with Crippen molar-refractivity contribution in [1.29, 1.82) is 0 Å². The topological polar surface area (TPSA) is 81.3 Å². The molecule has 0 saturated carbocycles. The van der Waals surface area contributed by atoms with E-state index in [1.807, 2.05) is 26.8 Å². The molecule has 7 heteroatoms. The maximum Gasteiger partial charge on any atom is 0.227 e. The number of nitrogens with zero attached hydrogens (tertiary/aromatic N) is 1. The van der Waals surface area contributed by atoms with Gasteiger partial charge < -0.3 is 20.9 Å². The molecule has 0 aliphatic rings. The second-order valence-electron chi connectivity index (χ2n) is 6.69. The van der Waals surface area contributed by atoms with E-state index in [9.17, 15) is 4.79 Å². The number of aromatic nitrogens is 1. The van der Waals surface area contributed by atoms with E-state index in [0.29, 0.717) is 6.54 Å². The predicted molar refractivity (Wildman–Crippen MR) is 119 cm³/mol. The Kier molecular flexibility index (Phi) is 8.91. The Morgan fingerprint density at radius 2 is 1.96 bits per heavy atom. The second-order valence-corrected chi connectivity index (χ2v) is 6.69. The molecule has 0 spiro atoms. The third kappa shape index (κ3) is 5.89. The highest BCUT2D eigenvalue weighted by atomic mass is 127. The standard InChI is InChI=1S/C19H29N5O.HI/c1-5-21-18(24-13-19(2,3)17(25)20-4)22-11-10-14-12-23-16-9-7-6-8-15(14)16;/h6-9,12,23H,5,10-11,13H2,1-4H3,(H,20,25)(H2,21,22,24);1H. The molecule has 26 heavy (non-hydrogen) atoms. The van der Waals surface area contributed by atoms with E-state index in [1.165, 1.54) is 10.9 Å². The molecular formula is C19H30IN5O. The molecule has 0 saturated heterocycles. The van der Waals surface area contributed by atoms with Crippen LogP contribution in [0.4, 0.5) is 0 Å². The van der Waals surface area contributed by atoms with Gasteiger partial charge in [-0.2, -0.15) is 0 Å². The average molecular weight is 471 g/mol. The maximum atomic E-state index is 11.9. The summed E-state index contributed by atoms with van der Waals surface area (Å²) in [4.78, 5) is 19.7. The van der Waals surface area contributed by atoms with Gasteiger partial charge in [0, 0.05) is 37.2 Å². The lowest BCUT2D eigenvalue weighted by Gasteiger charge is -2.21. The van der Waals surface area contributed by atoms with Crippen LogP contribution >= 0.6 is 24.0 Å². The van der Waals surface area contributed by atoms with Gasteiger partial charge in [0.05, 0.1) is 12.0 Å². The van der Waals surface area contributed by atoms with Gasteiger partial charge in [0.1, 0.15) is 0 Å². The monoisotopic (exact) mass is 471 g/mol. The Balaban J connectivity index is 0.00000338. The van der Waals surface area contributed by atoms with E-state index in [-0.39, 0.29) is 29.9 Å². The minimum atomic E-state index is -0.534. The smallest absolute Gasteiger partial charge is 0.227 e. The zero-order chi connectivity index (χ0) is 18.3. The number of aromatic amines is 1. The molecule has 0 aliphatic carbocycles. The molecule has 1 heterocycles. The van der Waals surface area contributed by atoms with Gasteiger partial charge in [0.2, 0.25) is 5.91 Å². The Morgan fingerprint density at radius 3 is 2.65 bits per heavy atom. The zero-order valence-corrected chi connectivity index (χ0v) is 18.3. The Hall–Kier alpha value is -1.77. The van der Waals surface area contributed by atoms with Crippen LogP contribution in [0.1, 0.15) is 26.3 Å². The van der Waals surface area contributed by atoms with Crippen molar-refractivity contribution in [2.75, 3.05) is 26.7 Å². The van der Waals surface area contributed by atoms with Gasteiger partial charge in [-0.15, -0.1) is 24.0 Å². The highest BCUT2D eigenvalue weighted by molar-refractivity contribution is 14.0. The van der Waals surface area contributed by atoms with Gasteiger partial charge in [-0.05, 0) is 38.8 Å². The summed E-state index contributed by atoms with van der Waals surface area (Å²) in [6.45, 7) is 7.79. The molecule has 2 aromatic rings. The molecule has 0 atom stereocenters. The van der Waals surface area contributed by atoms with Crippen molar-refractivity contribution in [2.45, 2.75) is 27.2 Å². The van der Waals surface area contributed by atoms with Crippen LogP contribution in [-0.2, 0) is 11.2 Å². The first kappa shape index (κ1) is 22.3. The SMILES string of the molecule is CCNC(=NCC(C)(C)C(=O)NC)NCCc1c[nH]c2ccccc12.I. The largest absolute Gasteiger partial charge is 0.361 e. The van der Waals surface area contributed by atoms with Crippen molar-refractivity contribution >= 4 is 46.7 Å². The molecule has 2 rings (SSSR count). The third-order valence-corrected chi connectivity index (χ3v) is 4.18. The number of amides is 1. The van der Waals surface area contributed by atoms with Crippen LogP contribution in [0.25, 0.3) is 10.9 Å². The van der Waals surface area contributed by atoms with Gasteiger partial charge in [0.25, 0.3) is 0 Å². The number of hydrogen-bond acceptors (Lipinski definition) is 2. The van der Waals surface area contributed by atoms with Gasteiger partial charge in [-0.3, -0.25) is 9.79 Å². The average Bonchev–Trinajstić information content (AvgIpc) is 3.02. The maximum absolute atomic E-state index is 11.9. The van der Waals surface area contributed by atoms with Crippen LogP contribution in [0.2, 0.25) is 0 Å². The van der Waals surface area contributed by atoms with Crippen molar-refractivity contribution in [3.63, 3.8) is 0 Å². The summed E-state index contributed by atoms with van der Waals surface area (Å²) in [7, 11) is 1.65. The van der Waals surface area contributed by atoms with E-state index >= 15 is 0 Å². The summed E-state index contributed by atoms with van der Waals surface area (Å²) < 4.78 is 0. The Morgan fingerprint density at radius 1 is 1.23 bits per heavy atom. The summed E-state index contributed by atoms with van der Waals surface area (Å²) >= 11 is 0. The molecule has 1 aromatic carbocycles. The molecule has 0 radical (unpaired) electrons. The highest BCUT2D eigenvalue weighted by Gasteiger charge is 2.26. The highest BCUT2D eigenvalue weighted by Crippen LogP contribution is 2.18. The number of carbonyl (C=O) groups is 1. The summed E-state index contributed by atoms with van der Waals surface area (Å²) in [5.74, 6) is 0.727. The number of benzene rings is 1. The number of aliphatic imine (C=N–C) groups is 1. The first-order chi connectivity index (χ1) is 12.0. The molecule has 1 amide bonds. The van der Waals surface area contributed by atoms with Crippen LogP contribution in [0.3, 0.4) is 0 Å². The summed E-state index contributed by atoms with van der Waals surface area (Å²) in [6, 6.07) is 8.30. The van der Waals surface area contributed by atoms with Gasteiger partial charge in [0.15, 0.2) is 5.96 Å². The molecule has 6 nitrogen and oxygen atoms in total. The summed E-state index contributed by atoms with van der Waals surface area (Å²) in [6.07, 6.45) is 2.96. The number of halogens is 1. The number of para-hydroxylation sites is 1. The van der Waals surface area contributed by atoms with Crippen LogP contribution < -0.4 is 16.0 Å². The van der Waals surface area contributed by atoms with Gasteiger partial charge >= 0.3 is 0 Å². The molecule has 0 unspecified atom stereocenters. The van der Waals surface area contributed by atoms with Gasteiger partial charge in [-0.25, -0.2) is 0 Å². The minimum Gasteiger partial charge on any atom is -0.361 e. The molecule has 0 fully saturated rings. The number of rotatable bonds is 7. The van der Waals surface area contributed by atoms with E-state index in [2.05, 4.69) is 50.3 Å². The van der Waals surface area contributed by atoms with Gasteiger partial charge in [-0.1, -0.05) is 18.2 Å². The van der Waals surface area contributed by atoms with Crippen molar-refractivity contribution < 1.29 is 4.79 Å². The molecule has 144 valence electrons. The fourth-order valence-corrected chi connectivity index (χ4v) is 2.68. The lowest BCUT2D eigenvalue weighted by Crippen LogP contribution is -2.41. The predicted octanol–water partition coefficient (Wildman–Crippen LogP) is 2.66. The quantitative estimate of drug-likeness (QED) is 0.285. The summed E-state index contributed by atoms with van der Waals surface area (Å²) in [5, 5.41) is 10.5. The zero-order valence-electron chi connectivity index (χ0n) is 16.0. The number of H-pyrrole nitrogens is 1. The minimum absolute atomic E-state index is 0. The van der Waals surface area contributed by atoms with Crippen LogP contribution in [-0.4, -0.2) is 43.5 Å². The number of carbonyl (C=O) groups excluding carboxylic acids is 1. The molecule has 0 aliphatic heterocycles.